The van der Waals surface area contributed by atoms with E-state index in [9.17, 15) is 4.79 Å². The molecule has 0 aliphatic heterocycles. The zero-order valence-corrected chi connectivity index (χ0v) is 9.24. The molecule has 0 saturated heterocycles. The van der Waals surface area contributed by atoms with Crippen LogP contribution >= 0.6 is 0 Å². The van der Waals surface area contributed by atoms with Gasteiger partial charge in [0, 0.05) is 0 Å². The van der Waals surface area contributed by atoms with E-state index in [0.717, 1.165) is 11.8 Å². The van der Waals surface area contributed by atoms with Gasteiger partial charge in [-0.25, -0.2) is 4.79 Å². The van der Waals surface area contributed by atoms with E-state index < -0.39 is 6.09 Å². The van der Waals surface area contributed by atoms with Gasteiger partial charge in [0.1, 0.15) is 0 Å². The first kappa shape index (κ1) is 10.5. The summed E-state index contributed by atoms with van der Waals surface area (Å²) < 4.78 is 4.89. The lowest BCUT2D eigenvalue weighted by atomic mass is 10.0. The first-order chi connectivity index (χ1) is 7.18. The fourth-order valence-corrected chi connectivity index (χ4v) is 2.82. The van der Waals surface area contributed by atoms with Crippen molar-refractivity contribution in [3.63, 3.8) is 0 Å². The van der Waals surface area contributed by atoms with Gasteiger partial charge in [-0.1, -0.05) is 11.6 Å². The number of nitrogens with two attached hydrogens (primary N) is 1. The second-order valence-electron chi connectivity index (χ2n) is 4.79. The molecule has 2 rings (SSSR count). The van der Waals surface area contributed by atoms with Crippen molar-refractivity contribution in [2.24, 2.45) is 23.5 Å². The largest absolute Gasteiger partial charge is 0.449 e. The van der Waals surface area contributed by atoms with Gasteiger partial charge in [0.25, 0.3) is 0 Å². The Kier molecular flexibility index (Phi) is 2.98. The first-order valence-electron chi connectivity index (χ1n) is 5.76. The van der Waals surface area contributed by atoms with Crippen molar-refractivity contribution < 1.29 is 9.53 Å². The van der Waals surface area contributed by atoms with E-state index in [4.69, 9.17) is 10.5 Å². The summed E-state index contributed by atoms with van der Waals surface area (Å²) >= 11 is 0. The molecule has 1 saturated carbocycles. The number of primary amides is 1. The molecular formula is C12H19NO2. The van der Waals surface area contributed by atoms with Gasteiger partial charge >= 0.3 is 6.09 Å². The highest BCUT2D eigenvalue weighted by Crippen LogP contribution is 2.53. The van der Waals surface area contributed by atoms with Crippen LogP contribution in [0.25, 0.3) is 0 Å². The van der Waals surface area contributed by atoms with Gasteiger partial charge in [0.15, 0.2) is 0 Å². The summed E-state index contributed by atoms with van der Waals surface area (Å²) in [5.41, 5.74) is 6.48. The van der Waals surface area contributed by atoms with E-state index in [0.29, 0.717) is 12.5 Å². The monoisotopic (exact) mass is 209 g/mol. The van der Waals surface area contributed by atoms with E-state index in [-0.39, 0.29) is 0 Å². The molecule has 0 aromatic carbocycles. The van der Waals surface area contributed by atoms with Gasteiger partial charge in [-0.15, -0.1) is 0 Å². The molecule has 3 heteroatoms. The summed E-state index contributed by atoms with van der Waals surface area (Å²) in [7, 11) is 0. The molecule has 3 atom stereocenters. The van der Waals surface area contributed by atoms with Crippen molar-refractivity contribution in [2.75, 3.05) is 6.61 Å². The highest BCUT2D eigenvalue weighted by atomic mass is 16.5. The van der Waals surface area contributed by atoms with Crippen molar-refractivity contribution in [2.45, 2.75) is 32.6 Å². The van der Waals surface area contributed by atoms with Crippen LogP contribution in [0, 0.1) is 17.8 Å². The summed E-state index contributed by atoms with van der Waals surface area (Å²) in [6.45, 7) is 2.74. The van der Waals surface area contributed by atoms with Crippen molar-refractivity contribution in [3.05, 3.63) is 11.6 Å². The molecule has 15 heavy (non-hydrogen) atoms. The van der Waals surface area contributed by atoms with Gasteiger partial charge in [-0.3, -0.25) is 0 Å². The molecule has 0 aromatic heterocycles. The summed E-state index contributed by atoms with van der Waals surface area (Å²) in [4.78, 5) is 10.5. The van der Waals surface area contributed by atoms with Crippen molar-refractivity contribution in [1.82, 2.24) is 0 Å². The molecule has 2 aliphatic rings. The maximum Gasteiger partial charge on any atom is 0.404 e. The van der Waals surface area contributed by atoms with E-state index in [2.05, 4.69) is 13.0 Å². The SMILES string of the molecule is C/C1=C/CC[C@H]2[C@@H](CC1)[C@H]2COC(N)=O. The Morgan fingerprint density at radius 1 is 1.53 bits per heavy atom. The lowest BCUT2D eigenvalue weighted by molar-refractivity contribution is 0.147. The molecule has 0 spiro atoms. The Morgan fingerprint density at radius 3 is 3.00 bits per heavy atom. The second-order valence-corrected chi connectivity index (χ2v) is 4.79. The van der Waals surface area contributed by atoms with E-state index in [1.54, 1.807) is 0 Å². The van der Waals surface area contributed by atoms with Crippen LogP contribution in [0.3, 0.4) is 0 Å². The maximum absolute atomic E-state index is 10.5. The molecule has 0 unspecified atom stereocenters. The summed E-state index contributed by atoms with van der Waals surface area (Å²) in [6, 6.07) is 0. The van der Waals surface area contributed by atoms with Crippen LogP contribution in [0.1, 0.15) is 32.6 Å². The van der Waals surface area contributed by atoms with Crippen molar-refractivity contribution in [3.8, 4) is 0 Å². The predicted molar refractivity (Wildman–Crippen MR) is 58.2 cm³/mol. The van der Waals surface area contributed by atoms with E-state index >= 15 is 0 Å². The van der Waals surface area contributed by atoms with Crippen LogP contribution in [0.4, 0.5) is 4.79 Å². The van der Waals surface area contributed by atoms with Crippen LogP contribution in [0.2, 0.25) is 0 Å². The molecule has 1 amide bonds. The molecule has 0 aromatic rings. The summed E-state index contributed by atoms with van der Waals surface area (Å²) in [5, 5.41) is 0. The number of ether oxygens (including phenoxy) is 1. The smallest absolute Gasteiger partial charge is 0.404 e. The van der Waals surface area contributed by atoms with Crippen LogP contribution in [-0.4, -0.2) is 12.7 Å². The van der Waals surface area contributed by atoms with Crippen LogP contribution in [-0.2, 0) is 4.74 Å². The predicted octanol–water partition coefficient (Wildman–Crippen LogP) is 2.46. The van der Waals surface area contributed by atoms with Crippen LogP contribution < -0.4 is 5.73 Å². The number of fused-ring (bicyclic) bond motifs is 1. The quantitative estimate of drug-likeness (QED) is 0.710. The molecule has 0 bridgehead atoms. The number of amides is 1. The highest BCUT2D eigenvalue weighted by molar-refractivity contribution is 5.64. The van der Waals surface area contributed by atoms with Crippen molar-refractivity contribution in [1.29, 1.82) is 0 Å². The number of carbonyl (C=O) groups is 1. The fraction of sp³-hybridized carbons (Fsp3) is 0.750. The molecule has 3 nitrogen and oxygen atoms in total. The normalized spacial score (nSPS) is 37.9. The van der Waals surface area contributed by atoms with Crippen LogP contribution in [0.5, 0.6) is 0 Å². The third-order valence-corrected chi connectivity index (χ3v) is 3.79. The summed E-state index contributed by atoms with van der Waals surface area (Å²) in [6.07, 6.45) is 6.59. The average molecular weight is 209 g/mol. The zero-order chi connectivity index (χ0) is 10.8. The Morgan fingerprint density at radius 2 is 2.27 bits per heavy atom. The van der Waals surface area contributed by atoms with E-state index in [1.807, 2.05) is 0 Å². The van der Waals surface area contributed by atoms with Gasteiger partial charge in [-0.2, -0.15) is 0 Å². The number of allylic oxidation sites excluding steroid dienone is 2. The number of rotatable bonds is 2. The van der Waals surface area contributed by atoms with Crippen molar-refractivity contribution >= 4 is 6.09 Å². The minimum absolute atomic E-state index is 0.531. The fourth-order valence-electron chi connectivity index (χ4n) is 2.82. The Balaban J connectivity index is 1.81. The highest BCUT2D eigenvalue weighted by Gasteiger charge is 2.49. The minimum Gasteiger partial charge on any atom is -0.449 e. The lowest BCUT2D eigenvalue weighted by Gasteiger charge is -2.05. The number of hydrogen-bond acceptors (Lipinski definition) is 2. The van der Waals surface area contributed by atoms with Crippen LogP contribution in [0.15, 0.2) is 11.6 Å². The minimum atomic E-state index is -0.636. The van der Waals surface area contributed by atoms with Gasteiger partial charge in [0.05, 0.1) is 6.61 Å². The molecule has 84 valence electrons. The number of carbonyl (C=O) groups excluding carboxylic acids is 1. The Bertz CT molecular complexity index is 285. The molecule has 2 aliphatic carbocycles. The molecule has 2 N–H and O–H groups in total. The van der Waals surface area contributed by atoms with Gasteiger partial charge < -0.3 is 10.5 Å². The standard InChI is InChI=1S/C12H19NO2/c1-8-3-2-4-9-10(6-5-8)11(9)7-15-12(13)14/h3,9-11H,2,4-7H2,1H3,(H2,13,14)/b8-3-/t9-,10+,11-/m0/s1. The van der Waals surface area contributed by atoms with E-state index in [1.165, 1.54) is 31.3 Å². The van der Waals surface area contributed by atoms with Gasteiger partial charge in [0.2, 0.25) is 0 Å². The average Bonchev–Trinajstić information content (AvgIpc) is 2.80. The first-order valence-corrected chi connectivity index (χ1v) is 5.76. The lowest BCUT2D eigenvalue weighted by Crippen LogP contribution is -2.15. The zero-order valence-electron chi connectivity index (χ0n) is 9.24. The third-order valence-electron chi connectivity index (χ3n) is 3.79. The topological polar surface area (TPSA) is 52.3 Å². The van der Waals surface area contributed by atoms with Gasteiger partial charge in [-0.05, 0) is 50.4 Å². The third kappa shape index (κ3) is 2.52. The maximum atomic E-state index is 10.5. The molecule has 1 fully saturated rings. The molecular weight excluding hydrogens is 190 g/mol. The second kappa shape index (κ2) is 4.25. The summed E-state index contributed by atoms with van der Waals surface area (Å²) in [5.74, 6) is 2.12. The number of hydrogen-bond donors (Lipinski definition) is 1. The molecule has 0 heterocycles. The molecule has 0 radical (unpaired) electrons. The Hall–Kier alpha value is -0.990. The Labute approximate surface area is 90.7 Å².